The van der Waals surface area contributed by atoms with Crippen molar-refractivity contribution in [3.63, 3.8) is 0 Å². The lowest BCUT2D eigenvalue weighted by atomic mass is 10.1. The summed E-state index contributed by atoms with van der Waals surface area (Å²) in [6, 6.07) is 15.9. The van der Waals surface area contributed by atoms with E-state index in [9.17, 15) is 13.2 Å². The number of aryl methyl sites for hydroxylation is 3. The van der Waals surface area contributed by atoms with Crippen molar-refractivity contribution in [2.75, 3.05) is 11.9 Å². The van der Waals surface area contributed by atoms with Crippen LogP contribution in [0.25, 0.3) is 0 Å². The summed E-state index contributed by atoms with van der Waals surface area (Å²) in [5, 5.41) is 2.84. The highest BCUT2D eigenvalue weighted by atomic mass is 32.2. The molecule has 2 aromatic carbocycles. The summed E-state index contributed by atoms with van der Waals surface area (Å²) in [5.74, 6) is 0.0762. The zero-order valence-corrected chi connectivity index (χ0v) is 17.6. The van der Waals surface area contributed by atoms with Gasteiger partial charge in [-0.05, 0) is 79.3 Å². The molecular weight excluding hydrogens is 400 g/mol. The van der Waals surface area contributed by atoms with Crippen molar-refractivity contribution in [1.29, 1.82) is 0 Å². The molecule has 0 spiro atoms. The van der Waals surface area contributed by atoms with Crippen LogP contribution in [0.3, 0.4) is 0 Å². The van der Waals surface area contributed by atoms with Crippen LogP contribution in [-0.2, 0) is 34.2 Å². The number of sulfonamides is 1. The monoisotopic (exact) mass is 424 g/mol. The predicted octanol–water partition coefficient (Wildman–Crippen LogP) is 3.91. The Morgan fingerprint density at radius 3 is 2.67 bits per heavy atom. The van der Waals surface area contributed by atoms with Crippen molar-refractivity contribution in [3.05, 3.63) is 83.3 Å². The third-order valence-electron chi connectivity index (χ3n) is 5.24. The van der Waals surface area contributed by atoms with Crippen molar-refractivity contribution < 1.29 is 17.6 Å². The van der Waals surface area contributed by atoms with Crippen LogP contribution in [0.5, 0.6) is 0 Å². The first-order valence-electron chi connectivity index (χ1n) is 9.93. The second-order valence-corrected chi connectivity index (χ2v) is 9.49. The highest BCUT2D eigenvalue weighted by Gasteiger charge is 2.28. The predicted molar refractivity (Wildman–Crippen MR) is 115 cm³/mol. The van der Waals surface area contributed by atoms with E-state index in [0.29, 0.717) is 11.4 Å². The molecule has 7 heteroatoms. The molecule has 0 fully saturated rings. The molecule has 0 aliphatic heterocycles. The van der Waals surface area contributed by atoms with Gasteiger partial charge in [0, 0.05) is 5.69 Å². The Labute approximate surface area is 176 Å². The summed E-state index contributed by atoms with van der Waals surface area (Å²) >= 11 is 0. The zero-order valence-electron chi connectivity index (χ0n) is 16.8. The Morgan fingerprint density at radius 1 is 1.07 bits per heavy atom. The summed E-state index contributed by atoms with van der Waals surface area (Å²) in [6.45, 7) is 1.49. The lowest BCUT2D eigenvalue weighted by molar-refractivity contribution is -0.116. The zero-order chi connectivity index (χ0) is 21.1. The van der Waals surface area contributed by atoms with E-state index in [1.54, 1.807) is 24.3 Å². The molecule has 6 nitrogen and oxygen atoms in total. The van der Waals surface area contributed by atoms with E-state index in [-0.39, 0.29) is 18.0 Å². The molecular formula is C23H24N2O4S. The van der Waals surface area contributed by atoms with E-state index in [1.807, 2.05) is 31.2 Å². The molecule has 0 bridgehead atoms. The van der Waals surface area contributed by atoms with Crippen LogP contribution in [0.4, 0.5) is 5.69 Å². The molecule has 1 aromatic heterocycles. The molecule has 1 aliphatic carbocycles. The smallest absolute Gasteiger partial charge is 0.243 e. The van der Waals surface area contributed by atoms with Crippen molar-refractivity contribution in [2.45, 2.75) is 37.6 Å². The van der Waals surface area contributed by atoms with E-state index in [4.69, 9.17) is 4.42 Å². The fourth-order valence-corrected chi connectivity index (χ4v) is 5.21. The SMILES string of the molecule is Cc1cccc(S(=O)(=O)N(CC(=O)Nc2ccc3c(c2)CCC3)Cc2ccco2)c1. The standard InChI is InChI=1S/C23H24N2O4S/c1-17-5-2-9-22(13-17)30(27,28)25(15-21-8-4-12-29-21)16-23(26)24-20-11-10-18-6-3-7-19(18)14-20/h2,4-5,8-14H,3,6-7,15-16H2,1H3,(H,24,26). The average molecular weight is 425 g/mol. The van der Waals surface area contributed by atoms with Gasteiger partial charge in [0.2, 0.25) is 15.9 Å². The van der Waals surface area contributed by atoms with Gasteiger partial charge in [0.15, 0.2) is 0 Å². The molecule has 0 unspecified atom stereocenters. The minimum Gasteiger partial charge on any atom is -0.468 e. The summed E-state index contributed by atoms with van der Waals surface area (Å²) in [6.07, 6.45) is 4.68. The minimum absolute atomic E-state index is 0.0269. The molecule has 30 heavy (non-hydrogen) atoms. The molecule has 3 aromatic rings. The van der Waals surface area contributed by atoms with Crippen LogP contribution in [-0.4, -0.2) is 25.2 Å². The van der Waals surface area contributed by atoms with Gasteiger partial charge in [-0.15, -0.1) is 0 Å². The van der Waals surface area contributed by atoms with Crippen molar-refractivity contribution in [3.8, 4) is 0 Å². The number of anilines is 1. The summed E-state index contributed by atoms with van der Waals surface area (Å²) in [5.41, 5.74) is 4.07. The van der Waals surface area contributed by atoms with Crippen LogP contribution in [0, 0.1) is 6.92 Å². The van der Waals surface area contributed by atoms with Gasteiger partial charge in [0.05, 0.1) is 24.2 Å². The Bertz CT molecular complexity index is 1150. The molecule has 1 heterocycles. The second-order valence-electron chi connectivity index (χ2n) is 7.55. The van der Waals surface area contributed by atoms with Crippen LogP contribution in [0.15, 0.2) is 70.2 Å². The number of nitrogens with one attached hydrogen (secondary N) is 1. The fourth-order valence-electron chi connectivity index (χ4n) is 3.74. The maximum atomic E-state index is 13.3. The summed E-state index contributed by atoms with van der Waals surface area (Å²) in [7, 11) is -3.88. The van der Waals surface area contributed by atoms with E-state index in [2.05, 4.69) is 5.32 Å². The van der Waals surface area contributed by atoms with Gasteiger partial charge in [0.1, 0.15) is 5.76 Å². The first-order valence-corrected chi connectivity index (χ1v) is 11.4. The quantitative estimate of drug-likeness (QED) is 0.624. The van der Waals surface area contributed by atoms with Crippen LogP contribution >= 0.6 is 0 Å². The molecule has 0 radical (unpaired) electrons. The number of furan rings is 1. The van der Waals surface area contributed by atoms with Gasteiger partial charge in [0.25, 0.3) is 0 Å². The van der Waals surface area contributed by atoms with Gasteiger partial charge < -0.3 is 9.73 Å². The normalized spacial score (nSPS) is 13.4. The summed E-state index contributed by atoms with van der Waals surface area (Å²) < 4.78 is 33.0. The highest BCUT2D eigenvalue weighted by molar-refractivity contribution is 7.89. The van der Waals surface area contributed by atoms with Gasteiger partial charge in [-0.3, -0.25) is 4.79 Å². The second kappa shape index (κ2) is 8.45. The molecule has 4 rings (SSSR count). The fraction of sp³-hybridized carbons (Fsp3) is 0.261. The third-order valence-corrected chi connectivity index (χ3v) is 7.03. The number of rotatable bonds is 7. The molecule has 156 valence electrons. The first kappa shape index (κ1) is 20.4. The van der Waals surface area contributed by atoms with E-state index in [0.717, 1.165) is 29.1 Å². The maximum Gasteiger partial charge on any atom is 0.243 e. The van der Waals surface area contributed by atoms with Gasteiger partial charge in [-0.25, -0.2) is 8.42 Å². The van der Waals surface area contributed by atoms with Crippen LogP contribution < -0.4 is 5.32 Å². The third kappa shape index (κ3) is 4.47. The molecule has 0 atom stereocenters. The van der Waals surface area contributed by atoms with Crippen LogP contribution in [0.1, 0.15) is 28.9 Å². The topological polar surface area (TPSA) is 79.6 Å². The number of benzene rings is 2. The number of nitrogens with zero attached hydrogens (tertiary/aromatic N) is 1. The molecule has 1 aliphatic rings. The largest absolute Gasteiger partial charge is 0.468 e. The maximum absolute atomic E-state index is 13.3. The van der Waals surface area contributed by atoms with E-state index < -0.39 is 15.9 Å². The number of hydrogen-bond acceptors (Lipinski definition) is 4. The minimum atomic E-state index is -3.88. The number of carbonyl (C=O) groups excluding carboxylic acids is 1. The number of fused-ring (bicyclic) bond motifs is 1. The van der Waals surface area contributed by atoms with E-state index >= 15 is 0 Å². The summed E-state index contributed by atoms with van der Waals surface area (Å²) in [4.78, 5) is 12.9. The first-order chi connectivity index (χ1) is 14.4. The Balaban J connectivity index is 1.56. The lowest BCUT2D eigenvalue weighted by Crippen LogP contribution is -2.37. The molecule has 0 saturated carbocycles. The van der Waals surface area contributed by atoms with Gasteiger partial charge in [-0.1, -0.05) is 18.2 Å². The van der Waals surface area contributed by atoms with Crippen LogP contribution in [0.2, 0.25) is 0 Å². The Morgan fingerprint density at radius 2 is 1.90 bits per heavy atom. The Hall–Kier alpha value is -2.90. The Kier molecular flexibility index (Phi) is 5.74. The number of amides is 1. The molecule has 0 saturated heterocycles. The number of carbonyl (C=O) groups is 1. The lowest BCUT2D eigenvalue weighted by Gasteiger charge is -2.21. The molecule has 1 N–H and O–H groups in total. The number of hydrogen-bond donors (Lipinski definition) is 1. The molecule has 1 amide bonds. The van der Waals surface area contributed by atoms with Gasteiger partial charge >= 0.3 is 0 Å². The highest BCUT2D eigenvalue weighted by Crippen LogP contribution is 2.25. The van der Waals surface area contributed by atoms with E-state index in [1.165, 1.54) is 23.5 Å². The average Bonchev–Trinajstić information content (AvgIpc) is 3.38. The van der Waals surface area contributed by atoms with Crippen molar-refractivity contribution in [2.24, 2.45) is 0 Å². The van der Waals surface area contributed by atoms with Crippen molar-refractivity contribution >= 4 is 21.6 Å². The van der Waals surface area contributed by atoms with Crippen molar-refractivity contribution in [1.82, 2.24) is 4.31 Å². The van der Waals surface area contributed by atoms with Gasteiger partial charge in [-0.2, -0.15) is 4.31 Å².